The zero-order valence-electron chi connectivity index (χ0n) is 9.19. The van der Waals surface area contributed by atoms with Crippen LogP contribution in [-0.2, 0) is 4.79 Å². The Balaban J connectivity index is 2.27. The number of hydrogen-bond acceptors (Lipinski definition) is 2. The van der Waals surface area contributed by atoms with Crippen LogP contribution in [-0.4, -0.2) is 5.78 Å². The van der Waals surface area contributed by atoms with Crippen molar-refractivity contribution in [1.82, 2.24) is 0 Å². The lowest BCUT2D eigenvalue weighted by Gasteiger charge is -2.25. The number of carbonyl (C=O) groups is 1. The van der Waals surface area contributed by atoms with Gasteiger partial charge in [-0.3, -0.25) is 4.79 Å². The average Bonchev–Trinajstić information content (AvgIpc) is 2.75. The maximum Gasteiger partial charge on any atom is 0.159 e. The molecule has 1 aromatic heterocycles. The molecule has 0 aromatic carbocycles. The van der Waals surface area contributed by atoms with Gasteiger partial charge < -0.3 is 4.42 Å². The van der Waals surface area contributed by atoms with Gasteiger partial charge in [-0.15, -0.1) is 0 Å². The second-order valence-corrected chi connectivity index (χ2v) is 4.17. The monoisotopic (exact) mass is 204 g/mol. The Morgan fingerprint density at radius 1 is 1.53 bits per heavy atom. The molecule has 2 rings (SSSR count). The van der Waals surface area contributed by atoms with Gasteiger partial charge in [-0.25, -0.2) is 0 Å². The molecule has 1 aliphatic carbocycles. The summed E-state index contributed by atoms with van der Waals surface area (Å²) in [6, 6.07) is 3.85. The van der Waals surface area contributed by atoms with Gasteiger partial charge in [-0.2, -0.15) is 0 Å². The third kappa shape index (κ3) is 1.89. The molecule has 0 bridgehead atoms. The second-order valence-electron chi connectivity index (χ2n) is 4.17. The van der Waals surface area contributed by atoms with Gasteiger partial charge in [0.2, 0.25) is 0 Å². The summed E-state index contributed by atoms with van der Waals surface area (Å²) in [5.74, 6) is 1.45. The zero-order chi connectivity index (χ0) is 10.8. The largest absolute Gasteiger partial charge is 0.469 e. The van der Waals surface area contributed by atoms with Crippen molar-refractivity contribution >= 4 is 5.78 Å². The fraction of sp³-hybridized carbons (Fsp3) is 0.462. The second kappa shape index (κ2) is 4.05. The number of hydrogen-bond donors (Lipinski definition) is 0. The molecule has 15 heavy (non-hydrogen) atoms. The fourth-order valence-electron chi connectivity index (χ4n) is 2.14. The lowest BCUT2D eigenvalue weighted by molar-refractivity contribution is -0.119. The maximum absolute atomic E-state index is 11.8. The Morgan fingerprint density at radius 3 is 2.93 bits per heavy atom. The normalized spacial score (nSPS) is 26.5. The predicted octanol–water partition coefficient (Wildman–Crippen LogP) is 3.31. The highest BCUT2D eigenvalue weighted by molar-refractivity contribution is 5.93. The average molecular weight is 204 g/mol. The quantitative estimate of drug-likeness (QED) is 0.739. The van der Waals surface area contributed by atoms with Crippen molar-refractivity contribution in [2.45, 2.75) is 32.6 Å². The Kier molecular flexibility index (Phi) is 2.76. The molecule has 0 fully saturated rings. The number of allylic oxidation sites excluding steroid dienone is 2. The van der Waals surface area contributed by atoms with Gasteiger partial charge in [0, 0.05) is 11.8 Å². The van der Waals surface area contributed by atoms with E-state index in [1.54, 1.807) is 6.26 Å². The molecule has 1 aliphatic rings. The van der Waals surface area contributed by atoms with E-state index in [0.29, 0.717) is 0 Å². The van der Waals surface area contributed by atoms with Crippen LogP contribution in [0.25, 0.3) is 0 Å². The first-order valence-electron chi connectivity index (χ1n) is 5.49. The van der Waals surface area contributed by atoms with Crippen molar-refractivity contribution in [1.29, 1.82) is 0 Å². The summed E-state index contributed by atoms with van der Waals surface area (Å²) in [5.41, 5.74) is 1.24. The molecule has 0 amide bonds. The molecule has 0 spiro atoms. The lowest BCUT2D eigenvalue weighted by atomic mass is 9.78. The van der Waals surface area contributed by atoms with Gasteiger partial charge in [0.15, 0.2) is 5.78 Å². The first kappa shape index (κ1) is 10.2. The third-order valence-electron chi connectivity index (χ3n) is 3.24. The summed E-state index contributed by atoms with van der Waals surface area (Å²) in [4.78, 5) is 11.8. The summed E-state index contributed by atoms with van der Waals surface area (Å²) in [5, 5.41) is 0. The van der Waals surface area contributed by atoms with Crippen molar-refractivity contribution < 1.29 is 9.21 Å². The molecule has 2 unspecified atom stereocenters. The van der Waals surface area contributed by atoms with Crippen molar-refractivity contribution in [2.75, 3.05) is 0 Å². The molecule has 0 N–H and O–H groups in total. The fourth-order valence-corrected chi connectivity index (χ4v) is 2.14. The van der Waals surface area contributed by atoms with Crippen molar-refractivity contribution in [3.8, 4) is 0 Å². The predicted molar refractivity (Wildman–Crippen MR) is 58.6 cm³/mol. The molecule has 0 radical (unpaired) electrons. The van der Waals surface area contributed by atoms with Crippen LogP contribution in [0.2, 0.25) is 0 Å². The maximum atomic E-state index is 11.8. The first-order chi connectivity index (χ1) is 7.22. The van der Waals surface area contributed by atoms with Crippen LogP contribution in [0.3, 0.4) is 0 Å². The first-order valence-corrected chi connectivity index (χ1v) is 5.49. The topological polar surface area (TPSA) is 30.2 Å². The molecule has 0 aliphatic heterocycles. The van der Waals surface area contributed by atoms with Gasteiger partial charge in [0.25, 0.3) is 0 Å². The Labute approximate surface area is 90.0 Å². The van der Waals surface area contributed by atoms with E-state index in [1.165, 1.54) is 5.57 Å². The van der Waals surface area contributed by atoms with Gasteiger partial charge >= 0.3 is 0 Å². The highest BCUT2D eigenvalue weighted by Crippen LogP contribution is 2.36. The zero-order valence-corrected chi connectivity index (χ0v) is 9.19. The van der Waals surface area contributed by atoms with Crippen molar-refractivity contribution in [3.05, 3.63) is 35.8 Å². The molecular formula is C13H16O2. The summed E-state index contributed by atoms with van der Waals surface area (Å²) in [7, 11) is 0. The molecule has 80 valence electrons. The van der Waals surface area contributed by atoms with Gasteiger partial charge in [0.1, 0.15) is 5.76 Å². The summed E-state index contributed by atoms with van der Waals surface area (Å²) in [6.07, 6.45) is 5.40. The van der Waals surface area contributed by atoms with E-state index < -0.39 is 0 Å². The van der Waals surface area contributed by atoms with E-state index in [0.717, 1.165) is 18.6 Å². The number of carbonyl (C=O) groups excluding carboxylic acids is 1. The smallest absolute Gasteiger partial charge is 0.159 e. The molecule has 2 heteroatoms. The van der Waals surface area contributed by atoms with E-state index >= 15 is 0 Å². The molecular weight excluding hydrogens is 188 g/mol. The van der Waals surface area contributed by atoms with E-state index in [1.807, 2.05) is 25.1 Å². The van der Waals surface area contributed by atoms with Crippen molar-refractivity contribution in [2.24, 2.45) is 5.92 Å². The Bertz CT molecular complexity index is 373. The van der Waals surface area contributed by atoms with E-state index in [-0.39, 0.29) is 17.6 Å². The van der Waals surface area contributed by atoms with Gasteiger partial charge in [-0.1, -0.05) is 19.4 Å². The van der Waals surface area contributed by atoms with Crippen molar-refractivity contribution in [3.63, 3.8) is 0 Å². The molecule has 0 saturated carbocycles. The van der Waals surface area contributed by atoms with Crippen LogP contribution in [0.5, 0.6) is 0 Å². The molecule has 1 heterocycles. The molecule has 1 aromatic rings. The molecule has 0 saturated heterocycles. The Hall–Kier alpha value is -1.31. The van der Waals surface area contributed by atoms with Crippen LogP contribution in [0.15, 0.2) is 34.5 Å². The summed E-state index contributed by atoms with van der Waals surface area (Å²) >= 11 is 0. The van der Waals surface area contributed by atoms with Crippen LogP contribution in [0.4, 0.5) is 0 Å². The number of furan rings is 1. The van der Waals surface area contributed by atoms with Crippen LogP contribution >= 0.6 is 0 Å². The van der Waals surface area contributed by atoms with Crippen LogP contribution < -0.4 is 0 Å². The van der Waals surface area contributed by atoms with Gasteiger partial charge in [-0.05, 0) is 31.1 Å². The van der Waals surface area contributed by atoms with E-state index in [2.05, 4.69) is 6.92 Å². The minimum Gasteiger partial charge on any atom is -0.469 e. The van der Waals surface area contributed by atoms with Gasteiger partial charge in [0.05, 0.1) is 6.26 Å². The SMILES string of the molecule is CCC1=CC(=O)C(C)C(c2ccco2)C1. The number of ketones is 1. The third-order valence-corrected chi connectivity index (χ3v) is 3.24. The van der Waals surface area contributed by atoms with Crippen LogP contribution in [0.1, 0.15) is 38.4 Å². The minimum absolute atomic E-state index is 0.0476. The molecule has 2 nitrogen and oxygen atoms in total. The minimum atomic E-state index is 0.0476. The highest BCUT2D eigenvalue weighted by Gasteiger charge is 2.30. The standard InChI is InChI=1S/C13H16O2/c1-3-10-7-11(9(2)12(14)8-10)13-5-4-6-15-13/h4-6,8-9,11H,3,7H2,1-2H3. The Morgan fingerprint density at radius 2 is 2.33 bits per heavy atom. The lowest BCUT2D eigenvalue weighted by Crippen LogP contribution is -2.22. The van der Waals surface area contributed by atoms with E-state index in [4.69, 9.17) is 4.42 Å². The summed E-state index contributed by atoms with van der Waals surface area (Å²) in [6.45, 7) is 4.08. The summed E-state index contributed by atoms with van der Waals surface area (Å²) < 4.78 is 5.41. The number of rotatable bonds is 2. The molecule has 2 atom stereocenters. The van der Waals surface area contributed by atoms with Crippen LogP contribution in [0, 0.1) is 5.92 Å². The highest BCUT2D eigenvalue weighted by atomic mass is 16.3. The van der Waals surface area contributed by atoms with E-state index in [9.17, 15) is 4.79 Å².